The minimum Gasteiger partial charge on any atom is -0.508 e. The van der Waals surface area contributed by atoms with Crippen molar-refractivity contribution in [3.05, 3.63) is 64.7 Å². The Morgan fingerprint density at radius 1 is 0.964 bits per heavy atom. The van der Waals surface area contributed by atoms with E-state index in [0.717, 1.165) is 22.2 Å². The van der Waals surface area contributed by atoms with Gasteiger partial charge in [0.1, 0.15) is 17.2 Å². The van der Waals surface area contributed by atoms with Crippen LogP contribution >= 0.6 is 0 Å². The van der Waals surface area contributed by atoms with E-state index in [9.17, 15) is 5.11 Å². The lowest BCUT2D eigenvalue weighted by Crippen LogP contribution is -2.51. The van der Waals surface area contributed by atoms with Gasteiger partial charge in [-0.25, -0.2) is 0 Å². The number of fused-ring (bicyclic) bond motifs is 5. The second kappa shape index (κ2) is 5.36. The number of aromatic hydroxyl groups is 1. The molecule has 0 aliphatic carbocycles. The van der Waals surface area contributed by atoms with Crippen LogP contribution in [0.25, 0.3) is 10.8 Å². The normalized spacial score (nSPS) is 22.3. The van der Waals surface area contributed by atoms with Gasteiger partial charge in [-0.05, 0) is 75.0 Å². The van der Waals surface area contributed by atoms with E-state index in [4.69, 9.17) is 9.73 Å². The highest BCUT2D eigenvalue weighted by Gasteiger charge is 2.56. The van der Waals surface area contributed by atoms with E-state index in [1.54, 1.807) is 12.1 Å². The fourth-order valence-electron chi connectivity index (χ4n) is 4.92. The second-order valence-corrected chi connectivity index (χ2v) is 8.44. The van der Waals surface area contributed by atoms with Crippen LogP contribution in [-0.2, 0) is 11.3 Å². The number of hydrogen-bond acceptors (Lipinski definition) is 4. The lowest BCUT2D eigenvalue weighted by atomic mass is 9.86. The molecule has 1 unspecified atom stereocenters. The van der Waals surface area contributed by atoms with Crippen molar-refractivity contribution in [2.75, 3.05) is 7.05 Å². The van der Waals surface area contributed by atoms with Crippen molar-refractivity contribution in [1.29, 1.82) is 0 Å². The Balaban J connectivity index is 1.78. The van der Waals surface area contributed by atoms with Gasteiger partial charge in [-0.15, -0.1) is 0 Å². The Morgan fingerprint density at radius 3 is 2.39 bits per heavy atom. The summed E-state index contributed by atoms with van der Waals surface area (Å²) in [7, 11) is 2.10. The minimum absolute atomic E-state index is 0.190. The third-order valence-electron chi connectivity index (χ3n) is 6.50. The molecule has 4 heteroatoms. The summed E-state index contributed by atoms with van der Waals surface area (Å²) in [5.74, 6) is 0.962. The SMILES string of the molecule is Cc1ccc(C)c2c1C(C)(C)N(C)C21C=Nc2c(ccc3ccc(O)cc23)O1. The molecule has 3 aromatic rings. The maximum absolute atomic E-state index is 9.94. The highest BCUT2D eigenvalue weighted by molar-refractivity contribution is 5.99. The van der Waals surface area contributed by atoms with E-state index in [1.807, 2.05) is 24.4 Å². The zero-order chi connectivity index (χ0) is 19.8. The van der Waals surface area contributed by atoms with Crippen LogP contribution in [0.4, 0.5) is 5.69 Å². The van der Waals surface area contributed by atoms with E-state index in [2.05, 4.69) is 51.8 Å². The third kappa shape index (κ3) is 2.01. The monoisotopic (exact) mass is 372 g/mol. The van der Waals surface area contributed by atoms with E-state index >= 15 is 0 Å². The largest absolute Gasteiger partial charge is 0.508 e. The first-order valence-corrected chi connectivity index (χ1v) is 9.61. The molecule has 5 rings (SSSR count). The van der Waals surface area contributed by atoms with E-state index < -0.39 is 5.72 Å². The molecule has 2 heterocycles. The van der Waals surface area contributed by atoms with Crippen molar-refractivity contribution in [3.8, 4) is 11.5 Å². The molecule has 2 aliphatic heterocycles. The van der Waals surface area contributed by atoms with Crippen LogP contribution in [0.3, 0.4) is 0 Å². The lowest BCUT2D eigenvalue weighted by Gasteiger charge is -2.41. The van der Waals surface area contributed by atoms with Crippen LogP contribution in [-0.4, -0.2) is 23.3 Å². The molecule has 3 aromatic carbocycles. The van der Waals surface area contributed by atoms with Crippen molar-refractivity contribution in [3.63, 3.8) is 0 Å². The van der Waals surface area contributed by atoms with Gasteiger partial charge in [0.05, 0.1) is 6.21 Å². The van der Waals surface area contributed by atoms with Crippen molar-refractivity contribution in [2.45, 2.75) is 39.0 Å². The van der Waals surface area contributed by atoms with Gasteiger partial charge in [0.25, 0.3) is 0 Å². The number of phenols is 1. The lowest BCUT2D eigenvalue weighted by molar-refractivity contribution is -0.0477. The second-order valence-electron chi connectivity index (χ2n) is 8.44. The summed E-state index contributed by atoms with van der Waals surface area (Å²) in [6, 6.07) is 13.7. The Kier molecular flexibility index (Phi) is 3.30. The molecule has 0 saturated heterocycles. The molecule has 0 bridgehead atoms. The molecule has 0 aromatic heterocycles. The zero-order valence-electron chi connectivity index (χ0n) is 16.9. The van der Waals surface area contributed by atoms with Crippen molar-refractivity contribution < 1.29 is 9.84 Å². The van der Waals surface area contributed by atoms with E-state index in [0.29, 0.717) is 0 Å². The van der Waals surface area contributed by atoms with Crippen molar-refractivity contribution in [1.82, 2.24) is 4.90 Å². The van der Waals surface area contributed by atoms with Crippen LogP contribution in [0.5, 0.6) is 11.5 Å². The smallest absolute Gasteiger partial charge is 0.227 e. The first kappa shape index (κ1) is 17.3. The Hall–Kier alpha value is -2.85. The van der Waals surface area contributed by atoms with Gasteiger partial charge in [-0.2, -0.15) is 0 Å². The quantitative estimate of drug-likeness (QED) is 0.583. The van der Waals surface area contributed by atoms with Crippen LogP contribution < -0.4 is 4.74 Å². The maximum atomic E-state index is 9.94. The fourth-order valence-corrected chi connectivity index (χ4v) is 4.92. The van der Waals surface area contributed by atoms with Crippen LogP contribution in [0.2, 0.25) is 0 Å². The average Bonchev–Trinajstić information content (AvgIpc) is 2.83. The highest BCUT2D eigenvalue weighted by Crippen LogP contribution is 2.54. The molecule has 0 fully saturated rings. The summed E-state index contributed by atoms with van der Waals surface area (Å²) in [5, 5.41) is 11.9. The average molecular weight is 372 g/mol. The number of rotatable bonds is 0. The summed E-state index contributed by atoms with van der Waals surface area (Å²) in [6.45, 7) is 8.77. The number of hydrogen-bond donors (Lipinski definition) is 1. The number of phenolic OH excluding ortho intramolecular Hbond substituents is 1. The summed E-state index contributed by atoms with van der Waals surface area (Å²) in [5.41, 5.74) is 4.79. The maximum Gasteiger partial charge on any atom is 0.227 e. The third-order valence-corrected chi connectivity index (χ3v) is 6.50. The molecular formula is C24H24N2O2. The summed E-state index contributed by atoms with van der Waals surface area (Å²) < 4.78 is 6.73. The molecule has 28 heavy (non-hydrogen) atoms. The molecule has 1 N–H and O–H groups in total. The van der Waals surface area contributed by atoms with Gasteiger partial charge in [0.15, 0.2) is 0 Å². The molecule has 0 radical (unpaired) electrons. The minimum atomic E-state index is -0.744. The molecule has 142 valence electrons. The van der Waals surface area contributed by atoms with Gasteiger partial charge in [-0.1, -0.05) is 24.3 Å². The first-order chi connectivity index (χ1) is 13.3. The van der Waals surface area contributed by atoms with Crippen LogP contribution in [0.15, 0.2) is 47.5 Å². The highest BCUT2D eigenvalue weighted by atomic mass is 16.5. The number of nitrogens with zero attached hydrogens (tertiary/aromatic N) is 2. The van der Waals surface area contributed by atoms with Crippen LogP contribution in [0, 0.1) is 13.8 Å². The topological polar surface area (TPSA) is 45.1 Å². The van der Waals surface area contributed by atoms with Gasteiger partial charge < -0.3 is 9.84 Å². The standard InChI is InChI=1S/C24H24N2O2/c1-14-6-7-15(2)21-20(14)23(3,4)26(5)24(21)13-25-22-18-12-17(27)10-8-16(18)9-11-19(22)28-24/h6-13,27H,1-5H3. The van der Waals surface area contributed by atoms with Crippen LogP contribution in [0.1, 0.15) is 36.1 Å². The number of ether oxygens (including phenoxy) is 1. The van der Waals surface area contributed by atoms with E-state index in [-0.39, 0.29) is 11.3 Å². The molecule has 0 saturated carbocycles. The van der Waals surface area contributed by atoms with Crippen molar-refractivity contribution >= 4 is 22.7 Å². The first-order valence-electron chi connectivity index (χ1n) is 9.61. The predicted molar refractivity (Wildman–Crippen MR) is 113 cm³/mol. The van der Waals surface area contributed by atoms with Gasteiger partial charge >= 0.3 is 0 Å². The van der Waals surface area contributed by atoms with E-state index in [1.165, 1.54) is 22.3 Å². The Labute approximate surface area is 165 Å². The summed E-state index contributed by atoms with van der Waals surface area (Å²) in [4.78, 5) is 7.15. The molecule has 4 nitrogen and oxygen atoms in total. The number of aryl methyl sites for hydroxylation is 2. The van der Waals surface area contributed by atoms with Gasteiger partial charge in [0.2, 0.25) is 5.72 Å². The van der Waals surface area contributed by atoms with Crippen molar-refractivity contribution in [2.24, 2.45) is 4.99 Å². The van der Waals surface area contributed by atoms with Gasteiger partial charge in [0, 0.05) is 16.5 Å². The molecule has 0 amide bonds. The number of benzene rings is 3. The predicted octanol–water partition coefficient (Wildman–Crippen LogP) is 5.29. The number of aliphatic imine (C=N–C) groups is 1. The summed E-state index contributed by atoms with van der Waals surface area (Å²) >= 11 is 0. The zero-order valence-corrected chi connectivity index (χ0v) is 16.9. The molecule has 1 atom stereocenters. The molecule has 1 spiro atoms. The van der Waals surface area contributed by atoms with Gasteiger partial charge in [-0.3, -0.25) is 9.89 Å². The Morgan fingerprint density at radius 2 is 1.64 bits per heavy atom. The molecular weight excluding hydrogens is 348 g/mol. The fraction of sp³-hybridized carbons (Fsp3) is 0.292. The molecule has 2 aliphatic rings. The summed E-state index contributed by atoms with van der Waals surface area (Å²) in [6.07, 6.45) is 1.93. The Bertz CT molecular complexity index is 1180.